The fraction of sp³-hybridized carbons (Fsp3) is 0.294. The Labute approximate surface area is 125 Å². The highest BCUT2D eigenvalue weighted by atomic mass is 35.5. The first-order valence-electron chi connectivity index (χ1n) is 6.88. The van der Waals surface area contributed by atoms with Gasteiger partial charge in [0.1, 0.15) is 11.5 Å². The summed E-state index contributed by atoms with van der Waals surface area (Å²) >= 11 is 6.30. The van der Waals surface area contributed by atoms with Gasteiger partial charge in [0, 0.05) is 16.6 Å². The van der Waals surface area contributed by atoms with E-state index in [1.54, 1.807) is 0 Å². The number of halogens is 1. The van der Waals surface area contributed by atoms with E-state index in [4.69, 9.17) is 22.1 Å². The molecule has 2 N–H and O–H groups in total. The highest BCUT2D eigenvalue weighted by molar-refractivity contribution is 6.31. The number of ether oxygens (including phenoxy) is 1. The number of nitrogens with two attached hydrogens (primary N) is 1. The van der Waals surface area contributed by atoms with E-state index >= 15 is 0 Å². The quantitative estimate of drug-likeness (QED) is 0.864. The number of rotatable bonds is 5. The van der Waals surface area contributed by atoms with Crippen LogP contribution in [0.1, 0.15) is 24.5 Å². The molecule has 0 spiro atoms. The van der Waals surface area contributed by atoms with Gasteiger partial charge in [-0.05, 0) is 43.5 Å². The summed E-state index contributed by atoms with van der Waals surface area (Å²) in [6.07, 6.45) is 1.63. The molecule has 0 saturated heterocycles. The van der Waals surface area contributed by atoms with Crippen molar-refractivity contribution in [2.24, 2.45) is 5.73 Å². The van der Waals surface area contributed by atoms with Gasteiger partial charge in [-0.25, -0.2) is 0 Å². The minimum atomic E-state index is 0.0918. The van der Waals surface area contributed by atoms with Crippen molar-refractivity contribution in [1.82, 2.24) is 0 Å². The predicted octanol–water partition coefficient (Wildman–Crippen LogP) is 4.72. The zero-order valence-corrected chi connectivity index (χ0v) is 12.7. The molecule has 20 heavy (non-hydrogen) atoms. The van der Waals surface area contributed by atoms with Crippen molar-refractivity contribution in [3.63, 3.8) is 0 Å². The Bertz CT molecular complexity index is 583. The maximum atomic E-state index is 6.30. The second-order valence-electron chi connectivity index (χ2n) is 4.96. The molecule has 0 fully saturated rings. The monoisotopic (exact) mass is 289 g/mol. The Hall–Kier alpha value is -1.51. The number of hydrogen-bond acceptors (Lipinski definition) is 2. The molecule has 0 bridgehead atoms. The van der Waals surface area contributed by atoms with E-state index in [9.17, 15) is 0 Å². The molecule has 2 rings (SSSR count). The highest BCUT2D eigenvalue weighted by Gasteiger charge is 2.13. The largest absolute Gasteiger partial charge is 0.457 e. The van der Waals surface area contributed by atoms with E-state index in [0.29, 0.717) is 5.02 Å². The second kappa shape index (κ2) is 6.78. The normalized spacial score (nSPS) is 12.2. The summed E-state index contributed by atoms with van der Waals surface area (Å²) in [5.74, 6) is 1.64. The molecule has 0 radical (unpaired) electrons. The molecule has 0 aromatic heterocycles. The molecule has 106 valence electrons. The third kappa shape index (κ3) is 3.53. The lowest BCUT2D eigenvalue weighted by Gasteiger charge is -2.16. The summed E-state index contributed by atoms with van der Waals surface area (Å²) in [6, 6.07) is 13.8. The molecule has 0 saturated carbocycles. The van der Waals surface area contributed by atoms with Crippen molar-refractivity contribution in [3.05, 3.63) is 58.6 Å². The van der Waals surface area contributed by atoms with Crippen LogP contribution in [-0.2, 0) is 6.42 Å². The van der Waals surface area contributed by atoms with Gasteiger partial charge in [0.25, 0.3) is 0 Å². The molecule has 0 aliphatic rings. The predicted molar refractivity (Wildman–Crippen MR) is 84.7 cm³/mol. The average Bonchev–Trinajstić information content (AvgIpc) is 2.44. The molecule has 0 aliphatic heterocycles. The Morgan fingerprint density at radius 1 is 1.10 bits per heavy atom. The molecule has 0 amide bonds. The molecule has 0 heterocycles. The van der Waals surface area contributed by atoms with Crippen molar-refractivity contribution in [2.45, 2.75) is 32.7 Å². The van der Waals surface area contributed by atoms with Gasteiger partial charge in [-0.2, -0.15) is 0 Å². The smallest absolute Gasteiger partial charge is 0.132 e. The zero-order valence-electron chi connectivity index (χ0n) is 11.9. The Balaban J connectivity index is 2.32. The van der Waals surface area contributed by atoms with Crippen LogP contribution < -0.4 is 10.5 Å². The van der Waals surface area contributed by atoms with Gasteiger partial charge in [0.2, 0.25) is 0 Å². The average molecular weight is 290 g/mol. The topological polar surface area (TPSA) is 35.2 Å². The first kappa shape index (κ1) is 14.9. The summed E-state index contributed by atoms with van der Waals surface area (Å²) in [7, 11) is 0. The Morgan fingerprint density at radius 3 is 2.50 bits per heavy atom. The van der Waals surface area contributed by atoms with Crippen molar-refractivity contribution >= 4 is 11.6 Å². The highest BCUT2D eigenvalue weighted by Crippen LogP contribution is 2.32. The van der Waals surface area contributed by atoms with E-state index in [1.807, 2.05) is 49.4 Å². The van der Waals surface area contributed by atoms with Crippen LogP contribution in [0.15, 0.2) is 42.5 Å². The molecule has 2 aromatic rings. The lowest BCUT2D eigenvalue weighted by Crippen LogP contribution is -2.21. The second-order valence-corrected chi connectivity index (χ2v) is 5.36. The zero-order chi connectivity index (χ0) is 14.5. The number of hydrogen-bond donors (Lipinski definition) is 1. The van der Waals surface area contributed by atoms with Crippen LogP contribution in [0.25, 0.3) is 0 Å². The lowest BCUT2D eigenvalue weighted by atomic mass is 10.0. The number of benzene rings is 2. The molecule has 0 aliphatic carbocycles. The van der Waals surface area contributed by atoms with Crippen LogP contribution in [0, 0.1) is 6.92 Å². The maximum absolute atomic E-state index is 6.30. The van der Waals surface area contributed by atoms with Crippen LogP contribution in [0.3, 0.4) is 0 Å². The van der Waals surface area contributed by atoms with Gasteiger partial charge in [-0.15, -0.1) is 0 Å². The number of para-hydroxylation sites is 1. The first-order chi connectivity index (χ1) is 9.61. The summed E-state index contributed by atoms with van der Waals surface area (Å²) in [4.78, 5) is 0. The van der Waals surface area contributed by atoms with Crippen molar-refractivity contribution in [2.75, 3.05) is 0 Å². The summed E-state index contributed by atoms with van der Waals surface area (Å²) in [5.41, 5.74) is 8.13. The van der Waals surface area contributed by atoms with E-state index in [-0.39, 0.29) is 6.04 Å². The van der Waals surface area contributed by atoms with E-state index < -0.39 is 0 Å². The van der Waals surface area contributed by atoms with Gasteiger partial charge < -0.3 is 10.5 Å². The van der Waals surface area contributed by atoms with Crippen LogP contribution in [0.5, 0.6) is 11.5 Å². The first-order valence-corrected chi connectivity index (χ1v) is 7.26. The van der Waals surface area contributed by atoms with Crippen molar-refractivity contribution in [3.8, 4) is 11.5 Å². The van der Waals surface area contributed by atoms with Crippen molar-refractivity contribution < 1.29 is 4.74 Å². The fourth-order valence-corrected chi connectivity index (χ4v) is 2.27. The maximum Gasteiger partial charge on any atom is 0.132 e. The Kier molecular flexibility index (Phi) is 5.05. The van der Waals surface area contributed by atoms with Gasteiger partial charge in [0.15, 0.2) is 0 Å². The Morgan fingerprint density at radius 2 is 1.80 bits per heavy atom. The third-order valence-corrected chi connectivity index (χ3v) is 3.73. The van der Waals surface area contributed by atoms with Crippen LogP contribution in [0.4, 0.5) is 0 Å². The SMILES string of the molecule is CCC(N)Cc1c(Cl)cccc1Oc1ccccc1C. The van der Waals surface area contributed by atoms with Gasteiger partial charge >= 0.3 is 0 Å². The summed E-state index contributed by atoms with van der Waals surface area (Å²) < 4.78 is 6.03. The lowest BCUT2D eigenvalue weighted by molar-refractivity contribution is 0.468. The molecule has 3 heteroatoms. The van der Waals surface area contributed by atoms with Crippen LogP contribution in [-0.4, -0.2) is 6.04 Å². The van der Waals surface area contributed by atoms with Crippen LogP contribution in [0.2, 0.25) is 5.02 Å². The van der Waals surface area contributed by atoms with E-state index in [1.165, 1.54) is 0 Å². The van der Waals surface area contributed by atoms with Crippen LogP contribution >= 0.6 is 11.6 Å². The molecule has 1 atom stereocenters. The standard InChI is InChI=1S/C17H20ClNO/c1-3-13(19)11-14-15(18)8-6-10-17(14)20-16-9-5-4-7-12(16)2/h4-10,13H,3,11,19H2,1-2H3. The van der Waals surface area contributed by atoms with E-state index in [2.05, 4.69) is 6.92 Å². The fourth-order valence-electron chi connectivity index (χ4n) is 2.03. The van der Waals surface area contributed by atoms with Gasteiger partial charge in [-0.1, -0.05) is 42.8 Å². The van der Waals surface area contributed by atoms with Crippen molar-refractivity contribution in [1.29, 1.82) is 0 Å². The minimum absolute atomic E-state index is 0.0918. The molecular weight excluding hydrogens is 270 g/mol. The number of aryl methyl sites for hydroxylation is 1. The molecule has 1 unspecified atom stereocenters. The molecule has 2 aromatic carbocycles. The minimum Gasteiger partial charge on any atom is -0.457 e. The summed E-state index contributed by atoms with van der Waals surface area (Å²) in [6.45, 7) is 4.10. The third-order valence-electron chi connectivity index (χ3n) is 3.38. The molecular formula is C17H20ClNO. The van der Waals surface area contributed by atoms with Gasteiger partial charge in [-0.3, -0.25) is 0 Å². The summed E-state index contributed by atoms with van der Waals surface area (Å²) in [5, 5.41) is 0.708. The van der Waals surface area contributed by atoms with E-state index in [0.717, 1.165) is 35.5 Å². The molecule has 2 nitrogen and oxygen atoms in total. The van der Waals surface area contributed by atoms with Gasteiger partial charge in [0.05, 0.1) is 0 Å².